The molecular formula is C27H28ClN5O. The summed E-state index contributed by atoms with van der Waals surface area (Å²) in [6, 6.07) is 11.8. The summed E-state index contributed by atoms with van der Waals surface area (Å²) >= 11 is 6.11. The minimum absolute atomic E-state index is 0.0740. The van der Waals surface area contributed by atoms with Crippen molar-refractivity contribution in [3.8, 4) is 5.69 Å². The van der Waals surface area contributed by atoms with Crippen molar-refractivity contribution in [2.45, 2.75) is 50.9 Å². The summed E-state index contributed by atoms with van der Waals surface area (Å²) in [6.07, 6.45) is 11.1. The van der Waals surface area contributed by atoms with Gasteiger partial charge in [0, 0.05) is 47.1 Å². The zero-order valence-electron chi connectivity index (χ0n) is 19.1. The Hall–Kier alpha value is -3.12. The molecule has 34 heavy (non-hydrogen) atoms. The lowest BCUT2D eigenvalue weighted by atomic mass is 9.89. The fraction of sp³-hybridized carbons (Fsp3) is 0.370. The molecule has 174 valence electrons. The molecule has 2 aliphatic rings. The Labute approximate surface area is 203 Å². The Bertz CT molecular complexity index is 1330. The molecular weight excluding hydrogens is 446 g/mol. The summed E-state index contributed by atoms with van der Waals surface area (Å²) in [7, 11) is 0. The summed E-state index contributed by atoms with van der Waals surface area (Å²) in [5.41, 5.74) is 6.18. The van der Waals surface area contributed by atoms with Gasteiger partial charge in [-0.1, -0.05) is 18.0 Å². The number of nitrogens with one attached hydrogen (secondary N) is 1. The molecule has 1 aliphatic heterocycles. The molecule has 0 spiro atoms. The average molecular weight is 474 g/mol. The molecule has 0 atom stereocenters. The van der Waals surface area contributed by atoms with Gasteiger partial charge in [0.15, 0.2) is 5.69 Å². The highest BCUT2D eigenvalue weighted by atomic mass is 35.5. The Morgan fingerprint density at radius 1 is 1.03 bits per heavy atom. The topological polar surface area (TPSA) is 66.8 Å². The number of hydrogen-bond acceptors (Lipinski definition) is 3. The van der Waals surface area contributed by atoms with Crippen molar-refractivity contribution in [1.82, 2.24) is 24.6 Å². The maximum Gasteiger partial charge on any atom is 0.274 e. The van der Waals surface area contributed by atoms with Crippen LogP contribution in [-0.2, 0) is 12.8 Å². The third-order valence-electron chi connectivity index (χ3n) is 7.41. The predicted octanol–water partition coefficient (Wildman–Crippen LogP) is 5.69. The molecule has 7 heteroatoms. The number of fused-ring (bicyclic) bond motifs is 2. The first-order valence-corrected chi connectivity index (χ1v) is 12.6. The number of benzene rings is 1. The van der Waals surface area contributed by atoms with E-state index >= 15 is 0 Å². The maximum atomic E-state index is 13.7. The van der Waals surface area contributed by atoms with Gasteiger partial charge >= 0.3 is 0 Å². The average Bonchev–Trinajstić information content (AvgIpc) is 3.38. The van der Waals surface area contributed by atoms with Crippen molar-refractivity contribution in [3.63, 3.8) is 0 Å². The van der Waals surface area contributed by atoms with E-state index in [2.05, 4.69) is 22.2 Å². The molecule has 0 bridgehead atoms. The SMILES string of the molecule is O=C(c1nn(-c2ccc(Cl)cc2)c2c1CCCCC2)N1CCC(c2c[nH]c3ncccc23)CC1. The lowest BCUT2D eigenvalue weighted by Crippen LogP contribution is -2.38. The number of amides is 1. The van der Waals surface area contributed by atoms with E-state index in [9.17, 15) is 4.79 Å². The molecule has 6 rings (SSSR count). The van der Waals surface area contributed by atoms with Gasteiger partial charge in [-0.2, -0.15) is 5.10 Å². The number of aromatic amines is 1. The van der Waals surface area contributed by atoms with Gasteiger partial charge in [0.2, 0.25) is 0 Å². The maximum absolute atomic E-state index is 13.7. The van der Waals surface area contributed by atoms with Gasteiger partial charge < -0.3 is 9.88 Å². The van der Waals surface area contributed by atoms with Crippen molar-refractivity contribution < 1.29 is 4.79 Å². The van der Waals surface area contributed by atoms with Crippen LogP contribution in [0.25, 0.3) is 16.7 Å². The molecule has 4 heterocycles. The number of hydrogen-bond donors (Lipinski definition) is 1. The number of rotatable bonds is 3. The highest BCUT2D eigenvalue weighted by Gasteiger charge is 2.31. The lowest BCUT2D eigenvalue weighted by Gasteiger charge is -2.31. The molecule has 6 nitrogen and oxygen atoms in total. The number of halogens is 1. The molecule has 0 saturated carbocycles. The van der Waals surface area contributed by atoms with E-state index in [-0.39, 0.29) is 5.91 Å². The molecule has 1 saturated heterocycles. The summed E-state index contributed by atoms with van der Waals surface area (Å²) in [4.78, 5) is 23.4. The summed E-state index contributed by atoms with van der Waals surface area (Å²) in [5.74, 6) is 0.510. The van der Waals surface area contributed by atoms with Crippen molar-refractivity contribution in [2.24, 2.45) is 0 Å². The Morgan fingerprint density at radius 2 is 1.82 bits per heavy atom. The standard InChI is InChI=1S/C27H28ClN5O/c28-19-8-10-20(11-9-19)33-24-7-3-1-2-5-22(24)25(31-33)27(34)32-15-12-18(13-16-32)23-17-30-26-21(23)6-4-14-29-26/h4,6,8-11,14,17-18H,1-3,5,7,12-13,15-16H2,(H,29,30). The highest BCUT2D eigenvalue weighted by Crippen LogP contribution is 2.34. The van der Waals surface area contributed by atoms with Crippen LogP contribution in [0, 0.1) is 0 Å². The second-order valence-corrected chi connectivity index (χ2v) is 9.87. The molecule has 0 radical (unpaired) electrons. The van der Waals surface area contributed by atoms with Gasteiger partial charge in [-0.15, -0.1) is 0 Å². The number of pyridine rings is 1. The van der Waals surface area contributed by atoms with Crippen LogP contribution in [-0.4, -0.2) is 43.6 Å². The number of carbonyl (C=O) groups is 1. The number of likely N-dealkylation sites (tertiary alicyclic amines) is 1. The minimum Gasteiger partial charge on any atom is -0.346 e. The van der Waals surface area contributed by atoms with Crippen molar-refractivity contribution >= 4 is 28.5 Å². The first-order valence-electron chi connectivity index (χ1n) is 12.3. The largest absolute Gasteiger partial charge is 0.346 e. The highest BCUT2D eigenvalue weighted by molar-refractivity contribution is 6.30. The van der Waals surface area contributed by atoms with E-state index in [1.165, 1.54) is 23.1 Å². The first kappa shape index (κ1) is 21.4. The van der Waals surface area contributed by atoms with Gasteiger partial charge in [-0.3, -0.25) is 4.79 Å². The van der Waals surface area contributed by atoms with Crippen LogP contribution in [0.5, 0.6) is 0 Å². The quantitative estimate of drug-likeness (QED) is 0.388. The number of carbonyl (C=O) groups excluding carboxylic acids is 1. The van der Waals surface area contributed by atoms with Crippen LogP contribution in [0.2, 0.25) is 5.02 Å². The van der Waals surface area contributed by atoms with E-state index in [4.69, 9.17) is 16.7 Å². The Morgan fingerprint density at radius 3 is 2.65 bits per heavy atom. The number of nitrogens with zero attached hydrogens (tertiary/aromatic N) is 4. The molecule has 1 aliphatic carbocycles. The summed E-state index contributed by atoms with van der Waals surface area (Å²) < 4.78 is 1.98. The minimum atomic E-state index is 0.0740. The van der Waals surface area contributed by atoms with Gasteiger partial charge in [0.05, 0.1) is 5.69 Å². The number of aromatic nitrogens is 4. The van der Waals surface area contributed by atoms with Gasteiger partial charge in [0.1, 0.15) is 5.65 Å². The lowest BCUT2D eigenvalue weighted by molar-refractivity contribution is 0.0705. The second-order valence-electron chi connectivity index (χ2n) is 9.43. The Balaban J connectivity index is 1.26. The number of piperidine rings is 1. The summed E-state index contributed by atoms with van der Waals surface area (Å²) in [6.45, 7) is 1.50. The smallest absolute Gasteiger partial charge is 0.274 e. The second kappa shape index (κ2) is 8.91. The normalized spacial score (nSPS) is 17.0. The van der Waals surface area contributed by atoms with E-state index in [0.29, 0.717) is 16.6 Å². The fourth-order valence-corrected chi connectivity index (χ4v) is 5.73. The van der Waals surface area contributed by atoms with Crippen molar-refractivity contribution in [1.29, 1.82) is 0 Å². The third-order valence-corrected chi connectivity index (χ3v) is 7.66. The van der Waals surface area contributed by atoms with Crippen LogP contribution in [0.15, 0.2) is 48.8 Å². The molecule has 1 fully saturated rings. The molecule has 4 aromatic rings. The third kappa shape index (κ3) is 3.80. The van der Waals surface area contributed by atoms with Crippen LogP contribution in [0.3, 0.4) is 0 Å². The van der Waals surface area contributed by atoms with Gasteiger partial charge in [-0.05, 0) is 86.4 Å². The van der Waals surface area contributed by atoms with Gasteiger partial charge in [-0.25, -0.2) is 9.67 Å². The van der Waals surface area contributed by atoms with Crippen molar-refractivity contribution in [2.75, 3.05) is 13.1 Å². The van der Waals surface area contributed by atoms with Crippen LogP contribution >= 0.6 is 11.6 Å². The predicted molar refractivity (Wildman–Crippen MR) is 134 cm³/mol. The molecule has 1 N–H and O–H groups in total. The summed E-state index contributed by atoms with van der Waals surface area (Å²) in [5, 5.41) is 6.78. The zero-order chi connectivity index (χ0) is 23.1. The van der Waals surface area contributed by atoms with Crippen LogP contribution in [0.4, 0.5) is 0 Å². The molecule has 1 aromatic carbocycles. The van der Waals surface area contributed by atoms with Crippen molar-refractivity contribution in [3.05, 3.63) is 76.3 Å². The zero-order valence-corrected chi connectivity index (χ0v) is 19.9. The van der Waals surface area contributed by atoms with E-state index in [1.54, 1.807) is 0 Å². The van der Waals surface area contributed by atoms with Gasteiger partial charge in [0.25, 0.3) is 5.91 Å². The first-order chi connectivity index (χ1) is 16.7. The monoisotopic (exact) mass is 473 g/mol. The van der Waals surface area contributed by atoms with E-state index < -0.39 is 0 Å². The molecule has 0 unspecified atom stereocenters. The van der Waals surface area contributed by atoms with E-state index in [0.717, 1.165) is 68.5 Å². The fourth-order valence-electron chi connectivity index (χ4n) is 5.60. The van der Waals surface area contributed by atoms with E-state index in [1.807, 2.05) is 46.1 Å². The van der Waals surface area contributed by atoms with Crippen LogP contribution < -0.4 is 0 Å². The number of H-pyrrole nitrogens is 1. The molecule has 3 aromatic heterocycles. The molecule has 1 amide bonds. The Kier molecular flexibility index (Phi) is 5.61. The van der Waals surface area contributed by atoms with Crippen LogP contribution in [0.1, 0.15) is 65.3 Å².